The summed E-state index contributed by atoms with van der Waals surface area (Å²) >= 11 is 0. The van der Waals surface area contributed by atoms with Gasteiger partial charge in [0.1, 0.15) is 0 Å². The summed E-state index contributed by atoms with van der Waals surface area (Å²) in [6, 6.07) is 0. The standard InChI is InChI=1S/C12H25NO2/c1-5-7-9-13(10-8-11(14)15)12(3,4)6-2/h5-10H2,1-4H3,(H,14,15). The highest BCUT2D eigenvalue weighted by Gasteiger charge is 2.24. The molecule has 0 radical (unpaired) electrons. The van der Waals surface area contributed by atoms with Gasteiger partial charge >= 0.3 is 5.97 Å². The number of unbranched alkanes of at least 4 members (excludes halogenated alkanes) is 1. The van der Waals surface area contributed by atoms with Crippen molar-refractivity contribution in [3.05, 3.63) is 0 Å². The Balaban J connectivity index is 4.23. The van der Waals surface area contributed by atoms with E-state index in [0.29, 0.717) is 6.54 Å². The second kappa shape index (κ2) is 6.83. The number of nitrogens with zero attached hydrogens (tertiary/aromatic N) is 1. The molecular formula is C12H25NO2. The Hall–Kier alpha value is -0.570. The van der Waals surface area contributed by atoms with Crippen molar-refractivity contribution >= 4 is 5.97 Å². The van der Waals surface area contributed by atoms with E-state index >= 15 is 0 Å². The van der Waals surface area contributed by atoms with Gasteiger partial charge in [0, 0.05) is 12.1 Å². The van der Waals surface area contributed by atoms with Crippen LogP contribution in [0.25, 0.3) is 0 Å². The smallest absolute Gasteiger partial charge is 0.304 e. The third kappa shape index (κ3) is 5.78. The van der Waals surface area contributed by atoms with E-state index in [0.717, 1.165) is 25.8 Å². The molecule has 0 spiro atoms. The Bertz CT molecular complexity index is 190. The first-order valence-electron chi connectivity index (χ1n) is 5.91. The lowest BCUT2D eigenvalue weighted by molar-refractivity contribution is -0.137. The molecular weight excluding hydrogens is 190 g/mol. The summed E-state index contributed by atoms with van der Waals surface area (Å²) < 4.78 is 0. The van der Waals surface area contributed by atoms with Crippen molar-refractivity contribution in [3.63, 3.8) is 0 Å². The van der Waals surface area contributed by atoms with Crippen molar-refractivity contribution in [1.29, 1.82) is 0 Å². The number of carboxylic acids is 1. The van der Waals surface area contributed by atoms with Crippen LogP contribution in [0.1, 0.15) is 53.4 Å². The van der Waals surface area contributed by atoms with Crippen molar-refractivity contribution in [2.45, 2.75) is 58.9 Å². The number of rotatable bonds is 8. The van der Waals surface area contributed by atoms with Gasteiger partial charge in [0.05, 0.1) is 6.42 Å². The topological polar surface area (TPSA) is 40.5 Å². The molecule has 0 atom stereocenters. The van der Waals surface area contributed by atoms with Crippen LogP contribution in [-0.2, 0) is 4.79 Å². The highest BCUT2D eigenvalue weighted by atomic mass is 16.4. The molecule has 90 valence electrons. The van der Waals surface area contributed by atoms with Crippen LogP contribution in [0.4, 0.5) is 0 Å². The molecule has 3 heteroatoms. The molecule has 0 aromatic heterocycles. The SMILES string of the molecule is CCCCN(CCC(=O)O)C(C)(C)CC. The third-order valence-corrected chi connectivity index (χ3v) is 3.10. The van der Waals surface area contributed by atoms with E-state index < -0.39 is 5.97 Å². The van der Waals surface area contributed by atoms with Gasteiger partial charge in [0.15, 0.2) is 0 Å². The van der Waals surface area contributed by atoms with Gasteiger partial charge in [0.2, 0.25) is 0 Å². The highest BCUT2D eigenvalue weighted by molar-refractivity contribution is 5.66. The molecule has 0 heterocycles. The van der Waals surface area contributed by atoms with Crippen molar-refractivity contribution < 1.29 is 9.90 Å². The van der Waals surface area contributed by atoms with Gasteiger partial charge in [-0.15, -0.1) is 0 Å². The monoisotopic (exact) mass is 215 g/mol. The zero-order valence-corrected chi connectivity index (χ0v) is 10.5. The van der Waals surface area contributed by atoms with Crippen LogP contribution in [-0.4, -0.2) is 34.6 Å². The Labute approximate surface area is 93.5 Å². The molecule has 0 fully saturated rings. The van der Waals surface area contributed by atoms with Gasteiger partial charge in [-0.1, -0.05) is 20.3 Å². The summed E-state index contributed by atoms with van der Waals surface area (Å²) in [5.74, 6) is -0.705. The molecule has 0 amide bonds. The minimum atomic E-state index is -0.705. The van der Waals surface area contributed by atoms with E-state index in [-0.39, 0.29) is 12.0 Å². The highest BCUT2D eigenvalue weighted by Crippen LogP contribution is 2.19. The van der Waals surface area contributed by atoms with Gasteiger partial charge < -0.3 is 5.11 Å². The molecule has 0 bridgehead atoms. The molecule has 0 rings (SSSR count). The predicted molar refractivity (Wildman–Crippen MR) is 63.1 cm³/mol. The maximum Gasteiger partial charge on any atom is 0.304 e. The largest absolute Gasteiger partial charge is 0.481 e. The Morgan fingerprint density at radius 2 is 1.87 bits per heavy atom. The van der Waals surface area contributed by atoms with Gasteiger partial charge in [-0.2, -0.15) is 0 Å². The fraction of sp³-hybridized carbons (Fsp3) is 0.917. The van der Waals surface area contributed by atoms with E-state index in [1.807, 2.05) is 0 Å². The zero-order valence-electron chi connectivity index (χ0n) is 10.5. The lowest BCUT2D eigenvalue weighted by Gasteiger charge is -2.37. The Morgan fingerprint density at radius 3 is 2.27 bits per heavy atom. The summed E-state index contributed by atoms with van der Waals surface area (Å²) in [6.07, 6.45) is 3.59. The average molecular weight is 215 g/mol. The summed E-state index contributed by atoms with van der Waals surface area (Å²) in [5, 5.41) is 8.70. The van der Waals surface area contributed by atoms with Crippen LogP contribution >= 0.6 is 0 Å². The van der Waals surface area contributed by atoms with Gasteiger partial charge in [-0.05, 0) is 33.2 Å². The molecule has 0 aromatic carbocycles. The Kier molecular flexibility index (Phi) is 6.57. The predicted octanol–water partition coefficient (Wildman–Crippen LogP) is 2.75. The van der Waals surface area contributed by atoms with Crippen LogP contribution in [0.2, 0.25) is 0 Å². The molecule has 3 nitrogen and oxygen atoms in total. The normalized spacial score (nSPS) is 12.1. The molecule has 0 aliphatic rings. The third-order valence-electron chi connectivity index (χ3n) is 3.10. The first-order chi connectivity index (χ1) is 6.94. The maximum atomic E-state index is 10.6. The van der Waals surface area contributed by atoms with Crippen LogP contribution in [0.5, 0.6) is 0 Å². The molecule has 0 saturated carbocycles. The maximum absolute atomic E-state index is 10.6. The minimum absolute atomic E-state index is 0.116. The van der Waals surface area contributed by atoms with E-state index in [2.05, 4.69) is 32.6 Å². The van der Waals surface area contributed by atoms with Crippen molar-refractivity contribution in [3.8, 4) is 0 Å². The summed E-state index contributed by atoms with van der Waals surface area (Å²) in [6.45, 7) is 10.4. The fourth-order valence-corrected chi connectivity index (χ4v) is 1.52. The van der Waals surface area contributed by atoms with Gasteiger partial charge in [-0.3, -0.25) is 9.69 Å². The molecule has 0 aliphatic heterocycles. The Morgan fingerprint density at radius 1 is 1.27 bits per heavy atom. The molecule has 15 heavy (non-hydrogen) atoms. The molecule has 1 N–H and O–H groups in total. The van der Waals surface area contributed by atoms with E-state index in [4.69, 9.17) is 5.11 Å². The van der Waals surface area contributed by atoms with Crippen molar-refractivity contribution in [1.82, 2.24) is 4.90 Å². The summed E-state index contributed by atoms with van der Waals surface area (Å²) in [7, 11) is 0. The summed E-state index contributed by atoms with van der Waals surface area (Å²) in [4.78, 5) is 12.9. The second-order valence-electron chi connectivity index (χ2n) is 4.65. The summed E-state index contributed by atoms with van der Waals surface area (Å²) in [5.41, 5.74) is 0.116. The van der Waals surface area contributed by atoms with Crippen molar-refractivity contribution in [2.24, 2.45) is 0 Å². The van der Waals surface area contributed by atoms with Crippen LogP contribution in [0, 0.1) is 0 Å². The van der Waals surface area contributed by atoms with E-state index in [1.165, 1.54) is 0 Å². The van der Waals surface area contributed by atoms with Crippen LogP contribution in [0.15, 0.2) is 0 Å². The van der Waals surface area contributed by atoms with Crippen LogP contribution < -0.4 is 0 Å². The van der Waals surface area contributed by atoms with Crippen molar-refractivity contribution in [2.75, 3.05) is 13.1 Å². The van der Waals surface area contributed by atoms with Crippen LogP contribution in [0.3, 0.4) is 0 Å². The van der Waals surface area contributed by atoms with Gasteiger partial charge in [0.25, 0.3) is 0 Å². The number of carboxylic acid groups (broad SMARTS) is 1. The lowest BCUT2D eigenvalue weighted by atomic mass is 9.98. The fourth-order valence-electron chi connectivity index (χ4n) is 1.52. The number of hydrogen-bond acceptors (Lipinski definition) is 2. The first kappa shape index (κ1) is 14.4. The molecule has 0 aliphatic carbocycles. The van der Waals surface area contributed by atoms with E-state index in [1.54, 1.807) is 0 Å². The van der Waals surface area contributed by atoms with E-state index in [9.17, 15) is 4.79 Å². The number of hydrogen-bond donors (Lipinski definition) is 1. The van der Waals surface area contributed by atoms with Gasteiger partial charge in [-0.25, -0.2) is 0 Å². The lowest BCUT2D eigenvalue weighted by Crippen LogP contribution is -2.45. The molecule has 0 unspecified atom stereocenters. The first-order valence-corrected chi connectivity index (χ1v) is 5.91. The number of carbonyl (C=O) groups is 1. The zero-order chi connectivity index (χ0) is 11.9. The number of aliphatic carboxylic acids is 1. The minimum Gasteiger partial charge on any atom is -0.481 e. The quantitative estimate of drug-likeness (QED) is 0.677. The molecule has 0 saturated heterocycles. The average Bonchev–Trinajstić information content (AvgIpc) is 2.17. The molecule has 0 aromatic rings. The second-order valence-corrected chi connectivity index (χ2v) is 4.65.